The van der Waals surface area contributed by atoms with Crippen molar-refractivity contribution in [3.8, 4) is 6.07 Å². The number of hydrogen-bond donors (Lipinski definition) is 0. The van der Waals surface area contributed by atoms with Crippen LogP contribution in [0.25, 0.3) is 0 Å². The van der Waals surface area contributed by atoms with E-state index >= 15 is 0 Å². The number of halogens is 2. The summed E-state index contributed by atoms with van der Waals surface area (Å²) in [6, 6.07) is 7.31. The molecule has 0 unspecified atom stereocenters. The highest BCUT2D eigenvalue weighted by Crippen LogP contribution is 2.23. The Balaban J connectivity index is 2.30. The Hall–Kier alpha value is -1.61. The summed E-state index contributed by atoms with van der Waals surface area (Å²) in [6.07, 6.45) is 0. The normalized spacial score (nSPS) is 10.4. The predicted molar refractivity (Wildman–Crippen MR) is 71.0 cm³/mol. The van der Waals surface area contributed by atoms with Crippen molar-refractivity contribution in [1.29, 1.82) is 5.26 Å². The van der Waals surface area contributed by atoms with Crippen LogP contribution in [0.5, 0.6) is 0 Å². The number of aromatic nitrogens is 3. The molecule has 1 heterocycles. The van der Waals surface area contributed by atoms with Crippen molar-refractivity contribution in [1.82, 2.24) is 15.0 Å². The molecule has 98 valence electrons. The lowest BCUT2D eigenvalue weighted by Gasteiger charge is -2.07. The topological polar surface area (TPSA) is 63.7 Å². The second kappa shape index (κ2) is 6.02. The van der Waals surface area contributed by atoms with Crippen molar-refractivity contribution in [2.45, 2.75) is 13.2 Å². The minimum atomic E-state index is 0.266. The molecule has 0 atom stereocenters. The number of nitrogens with zero attached hydrogens (tertiary/aromatic N) is 4. The molecule has 1 aromatic heterocycles. The Morgan fingerprint density at radius 3 is 2.79 bits per heavy atom. The van der Waals surface area contributed by atoms with Gasteiger partial charge in [-0.15, -0.1) is 5.10 Å². The van der Waals surface area contributed by atoms with Gasteiger partial charge in [-0.05, 0) is 17.7 Å². The summed E-state index contributed by atoms with van der Waals surface area (Å²) in [6.45, 7) is 0.724. The van der Waals surface area contributed by atoms with Crippen LogP contribution in [-0.4, -0.2) is 22.1 Å². The Kier molecular flexibility index (Phi) is 4.38. The van der Waals surface area contributed by atoms with E-state index in [9.17, 15) is 0 Å². The zero-order chi connectivity index (χ0) is 13.8. The van der Waals surface area contributed by atoms with Crippen LogP contribution in [0, 0.1) is 11.3 Å². The lowest BCUT2D eigenvalue weighted by molar-refractivity contribution is 0.177. The van der Waals surface area contributed by atoms with Gasteiger partial charge in [0.25, 0.3) is 0 Å². The molecule has 0 N–H and O–H groups in total. The number of rotatable bonds is 4. The van der Waals surface area contributed by atoms with E-state index in [4.69, 9.17) is 33.2 Å². The maximum Gasteiger partial charge on any atom is 0.188 e. The van der Waals surface area contributed by atoms with Gasteiger partial charge in [-0.3, -0.25) is 0 Å². The fourth-order valence-electron chi connectivity index (χ4n) is 1.64. The van der Waals surface area contributed by atoms with Crippen molar-refractivity contribution in [3.63, 3.8) is 0 Å². The first-order valence-electron chi connectivity index (χ1n) is 5.41. The molecule has 0 saturated heterocycles. The second-order valence-electron chi connectivity index (χ2n) is 3.84. The summed E-state index contributed by atoms with van der Waals surface area (Å²) in [5, 5.41) is 17.7. The van der Waals surface area contributed by atoms with Crippen molar-refractivity contribution in [3.05, 3.63) is 45.2 Å². The molecule has 0 spiro atoms. The van der Waals surface area contributed by atoms with Crippen molar-refractivity contribution < 1.29 is 4.74 Å². The molecule has 2 rings (SSSR count). The summed E-state index contributed by atoms with van der Waals surface area (Å²) in [5.41, 5.74) is 1.82. The van der Waals surface area contributed by atoms with Crippen LogP contribution in [0.2, 0.25) is 10.0 Å². The van der Waals surface area contributed by atoms with Gasteiger partial charge in [-0.25, -0.2) is 4.68 Å². The van der Waals surface area contributed by atoms with Crippen molar-refractivity contribution in [2.75, 3.05) is 7.11 Å². The van der Waals surface area contributed by atoms with Gasteiger partial charge in [0.05, 0.1) is 23.2 Å². The van der Waals surface area contributed by atoms with Gasteiger partial charge in [-0.2, -0.15) is 5.26 Å². The van der Waals surface area contributed by atoms with Gasteiger partial charge in [0, 0.05) is 7.11 Å². The summed E-state index contributed by atoms with van der Waals surface area (Å²) in [7, 11) is 1.55. The lowest BCUT2D eigenvalue weighted by atomic mass is 10.2. The van der Waals surface area contributed by atoms with Gasteiger partial charge in [0.1, 0.15) is 11.8 Å². The minimum Gasteiger partial charge on any atom is -0.378 e. The van der Waals surface area contributed by atoms with Gasteiger partial charge >= 0.3 is 0 Å². The summed E-state index contributed by atoms with van der Waals surface area (Å²) in [5.74, 6) is 0. The monoisotopic (exact) mass is 296 g/mol. The van der Waals surface area contributed by atoms with E-state index in [0.29, 0.717) is 22.3 Å². The number of benzene rings is 1. The van der Waals surface area contributed by atoms with Gasteiger partial charge < -0.3 is 4.74 Å². The fourth-order valence-corrected chi connectivity index (χ4v) is 1.96. The van der Waals surface area contributed by atoms with Crippen LogP contribution < -0.4 is 0 Å². The van der Waals surface area contributed by atoms with E-state index in [1.165, 1.54) is 0 Å². The largest absolute Gasteiger partial charge is 0.378 e. The van der Waals surface area contributed by atoms with E-state index in [2.05, 4.69) is 10.3 Å². The molecule has 7 heteroatoms. The average Bonchev–Trinajstić information content (AvgIpc) is 2.77. The number of hydrogen-bond acceptors (Lipinski definition) is 4. The number of ether oxygens (including phenoxy) is 1. The molecule has 0 fully saturated rings. The SMILES string of the molecule is COCc1c(C#N)nnn1Cc1ccc(Cl)c(Cl)c1. The van der Waals surface area contributed by atoms with Crippen molar-refractivity contribution >= 4 is 23.2 Å². The lowest BCUT2D eigenvalue weighted by Crippen LogP contribution is -2.08. The molecule has 1 aromatic carbocycles. The van der Waals surface area contributed by atoms with E-state index < -0.39 is 0 Å². The third-order valence-corrected chi connectivity index (χ3v) is 3.28. The first-order valence-corrected chi connectivity index (χ1v) is 6.16. The molecule has 0 aliphatic heterocycles. The quantitative estimate of drug-likeness (QED) is 0.870. The maximum absolute atomic E-state index is 8.95. The highest BCUT2D eigenvalue weighted by atomic mass is 35.5. The van der Waals surface area contributed by atoms with E-state index in [1.807, 2.05) is 12.1 Å². The smallest absolute Gasteiger partial charge is 0.188 e. The second-order valence-corrected chi connectivity index (χ2v) is 4.65. The Morgan fingerprint density at radius 2 is 2.16 bits per heavy atom. The van der Waals surface area contributed by atoms with E-state index in [1.54, 1.807) is 23.9 Å². The first-order chi connectivity index (χ1) is 9.15. The molecule has 5 nitrogen and oxygen atoms in total. The third kappa shape index (κ3) is 3.04. The highest BCUT2D eigenvalue weighted by molar-refractivity contribution is 6.42. The Morgan fingerprint density at radius 1 is 1.37 bits per heavy atom. The molecular weight excluding hydrogens is 287 g/mol. The van der Waals surface area contributed by atoms with Crippen molar-refractivity contribution in [2.24, 2.45) is 0 Å². The zero-order valence-corrected chi connectivity index (χ0v) is 11.6. The molecule has 0 bridgehead atoms. The van der Waals surface area contributed by atoms with Crippen LogP contribution in [0.1, 0.15) is 17.0 Å². The van der Waals surface area contributed by atoms with E-state index in [0.717, 1.165) is 5.56 Å². The van der Waals surface area contributed by atoms with Crippen LogP contribution in [0.4, 0.5) is 0 Å². The van der Waals surface area contributed by atoms with Crippen LogP contribution in [0.3, 0.4) is 0 Å². The average molecular weight is 297 g/mol. The molecule has 2 aromatic rings. The fraction of sp³-hybridized carbons (Fsp3) is 0.250. The van der Waals surface area contributed by atoms with Crippen LogP contribution >= 0.6 is 23.2 Å². The van der Waals surface area contributed by atoms with Gasteiger partial charge in [-0.1, -0.05) is 34.5 Å². The standard InChI is InChI=1S/C12H10Cl2N4O/c1-19-7-12-11(5-15)16-17-18(12)6-8-2-3-9(13)10(14)4-8/h2-4H,6-7H2,1H3. The molecule has 0 saturated carbocycles. The maximum atomic E-state index is 8.95. The number of nitriles is 1. The highest BCUT2D eigenvalue weighted by Gasteiger charge is 2.12. The predicted octanol–water partition coefficient (Wildman–Crippen LogP) is 2.65. The minimum absolute atomic E-state index is 0.266. The molecule has 19 heavy (non-hydrogen) atoms. The summed E-state index contributed by atoms with van der Waals surface area (Å²) in [4.78, 5) is 0. The van der Waals surface area contributed by atoms with Gasteiger partial charge in [0.2, 0.25) is 0 Å². The summed E-state index contributed by atoms with van der Waals surface area (Å²) >= 11 is 11.8. The molecule has 0 aliphatic rings. The van der Waals surface area contributed by atoms with Gasteiger partial charge in [0.15, 0.2) is 5.69 Å². The van der Waals surface area contributed by atoms with E-state index in [-0.39, 0.29) is 12.3 Å². The number of methoxy groups -OCH3 is 1. The molecule has 0 aliphatic carbocycles. The molecular formula is C12H10Cl2N4O. The third-order valence-electron chi connectivity index (χ3n) is 2.54. The zero-order valence-electron chi connectivity index (χ0n) is 10.1. The van der Waals surface area contributed by atoms with Crippen LogP contribution in [0.15, 0.2) is 18.2 Å². The molecule has 0 amide bonds. The molecule has 0 radical (unpaired) electrons. The Labute approximate surface area is 120 Å². The first kappa shape index (κ1) is 13.8. The van der Waals surface area contributed by atoms with Crippen LogP contribution in [-0.2, 0) is 17.9 Å². The Bertz CT molecular complexity index is 633. The summed E-state index contributed by atoms with van der Waals surface area (Å²) < 4.78 is 6.66.